The van der Waals surface area contributed by atoms with Crippen molar-refractivity contribution in [1.29, 1.82) is 0 Å². The van der Waals surface area contributed by atoms with Crippen molar-refractivity contribution in [3.63, 3.8) is 0 Å². The maximum atomic E-state index is 12.6. The number of aromatic nitrogens is 3. The minimum absolute atomic E-state index is 0.0477. The number of para-hydroxylation sites is 1. The van der Waals surface area contributed by atoms with Gasteiger partial charge in [0.15, 0.2) is 5.16 Å². The van der Waals surface area contributed by atoms with Gasteiger partial charge in [-0.15, -0.1) is 10.2 Å². The Morgan fingerprint density at radius 2 is 1.88 bits per heavy atom. The average Bonchev–Trinajstić information content (AvgIpc) is 3.02. The van der Waals surface area contributed by atoms with Crippen LogP contribution in [0, 0.1) is 0 Å². The molecule has 0 aliphatic heterocycles. The van der Waals surface area contributed by atoms with Gasteiger partial charge in [0.1, 0.15) is 6.33 Å². The zero-order valence-corrected chi connectivity index (χ0v) is 15.0. The second-order valence-electron chi connectivity index (χ2n) is 5.79. The van der Waals surface area contributed by atoms with E-state index >= 15 is 0 Å². The van der Waals surface area contributed by atoms with Crippen molar-refractivity contribution in [2.24, 2.45) is 7.05 Å². The average molecular weight is 352 g/mol. The van der Waals surface area contributed by atoms with Crippen molar-refractivity contribution in [2.75, 3.05) is 5.32 Å². The molecule has 3 aromatic rings. The van der Waals surface area contributed by atoms with E-state index in [1.54, 1.807) is 10.9 Å². The molecule has 128 valence electrons. The van der Waals surface area contributed by atoms with Gasteiger partial charge in [0.2, 0.25) is 5.91 Å². The molecule has 0 saturated heterocycles. The van der Waals surface area contributed by atoms with Crippen molar-refractivity contribution in [1.82, 2.24) is 14.8 Å². The van der Waals surface area contributed by atoms with Crippen molar-refractivity contribution in [3.8, 4) is 0 Å². The Labute approximate surface area is 151 Å². The van der Waals surface area contributed by atoms with Crippen LogP contribution in [0.25, 0.3) is 0 Å². The molecule has 0 spiro atoms. The van der Waals surface area contributed by atoms with Crippen LogP contribution in [0.2, 0.25) is 0 Å². The summed E-state index contributed by atoms with van der Waals surface area (Å²) in [6.07, 6.45) is 2.41. The fourth-order valence-electron chi connectivity index (χ4n) is 2.44. The zero-order chi connectivity index (χ0) is 17.6. The fraction of sp³-hybridized carbons (Fsp3) is 0.211. The summed E-state index contributed by atoms with van der Waals surface area (Å²) in [4.78, 5) is 12.6. The molecule has 0 saturated carbocycles. The van der Waals surface area contributed by atoms with E-state index in [4.69, 9.17) is 0 Å². The number of thioether (sulfide) groups is 1. The summed E-state index contributed by atoms with van der Waals surface area (Å²) in [6, 6.07) is 18.1. The number of hydrogen-bond acceptors (Lipinski definition) is 4. The van der Waals surface area contributed by atoms with Crippen LogP contribution in [0.15, 0.2) is 66.1 Å². The predicted molar refractivity (Wildman–Crippen MR) is 101 cm³/mol. The Kier molecular flexibility index (Phi) is 5.50. The van der Waals surface area contributed by atoms with Crippen LogP contribution < -0.4 is 5.32 Å². The number of anilines is 1. The third-order valence-electron chi connectivity index (χ3n) is 3.83. The molecule has 2 aromatic carbocycles. The summed E-state index contributed by atoms with van der Waals surface area (Å²) in [6.45, 7) is 1.87. The summed E-state index contributed by atoms with van der Waals surface area (Å²) < 4.78 is 1.80. The maximum Gasteiger partial charge on any atom is 0.237 e. The summed E-state index contributed by atoms with van der Waals surface area (Å²) >= 11 is 1.39. The van der Waals surface area contributed by atoms with Gasteiger partial charge in [-0.25, -0.2) is 0 Å². The van der Waals surface area contributed by atoms with Gasteiger partial charge in [0.05, 0.1) is 5.25 Å². The summed E-state index contributed by atoms with van der Waals surface area (Å²) in [7, 11) is 1.86. The number of amides is 1. The molecular formula is C19H20N4OS. The molecule has 1 atom stereocenters. The highest BCUT2D eigenvalue weighted by Gasteiger charge is 2.18. The molecule has 0 bridgehead atoms. The lowest BCUT2D eigenvalue weighted by atomic mass is 10.0. The number of hydrogen-bond donors (Lipinski definition) is 1. The van der Waals surface area contributed by atoms with E-state index in [1.807, 2.05) is 56.4 Å². The van der Waals surface area contributed by atoms with Crippen LogP contribution in [-0.2, 0) is 18.3 Å². The second-order valence-corrected chi connectivity index (χ2v) is 7.10. The normalized spacial score (nSPS) is 11.9. The molecule has 0 aliphatic rings. The van der Waals surface area contributed by atoms with Crippen LogP contribution >= 0.6 is 11.8 Å². The Balaban J connectivity index is 1.70. The molecule has 1 amide bonds. The number of aryl methyl sites for hydroxylation is 1. The fourth-order valence-corrected chi connectivity index (χ4v) is 3.23. The predicted octanol–water partition coefficient (Wildman–Crippen LogP) is 3.53. The van der Waals surface area contributed by atoms with Crippen LogP contribution in [0.3, 0.4) is 0 Å². The lowest BCUT2D eigenvalue weighted by Gasteiger charge is -2.14. The van der Waals surface area contributed by atoms with Crippen LogP contribution in [0.1, 0.15) is 18.1 Å². The van der Waals surface area contributed by atoms with E-state index in [9.17, 15) is 4.79 Å². The Bertz CT molecular complexity index is 847. The molecule has 1 heterocycles. The molecular weight excluding hydrogens is 332 g/mol. The summed E-state index contributed by atoms with van der Waals surface area (Å²) in [5.74, 6) is -0.0477. The van der Waals surface area contributed by atoms with Crippen molar-refractivity contribution in [3.05, 3.63) is 72.1 Å². The quantitative estimate of drug-likeness (QED) is 0.690. The van der Waals surface area contributed by atoms with Crippen LogP contribution in [0.5, 0.6) is 0 Å². The molecule has 1 N–H and O–H groups in total. The number of nitrogens with zero attached hydrogens (tertiary/aromatic N) is 3. The van der Waals surface area contributed by atoms with Gasteiger partial charge < -0.3 is 9.88 Å². The number of rotatable bonds is 6. The highest BCUT2D eigenvalue weighted by atomic mass is 32.2. The Morgan fingerprint density at radius 1 is 1.16 bits per heavy atom. The van der Waals surface area contributed by atoms with E-state index < -0.39 is 0 Å². The van der Waals surface area contributed by atoms with E-state index in [1.165, 1.54) is 17.3 Å². The summed E-state index contributed by atoms with van der Waals surface area (Å²) in [5.41, 5.74) is 3.16. The molecule has 3 rings (SSSR count). The van der Waals surface area contributed by atoms with Gasteiger partial charge >= 0.3 is 0 Å². The van der Waals surface area contributed by atoms with Crippen LogP contribution in [0.4, 0.5) is 5.69 Å². The lowest BCUT2D eigenvalue weighted by Crippen LogP contribution is -2.23. The van der Waals surface area contributed by atoms with Crippen molar-refractivity contribution in [2.45, 2.75) is 23.8 Å². The van der Waals surface area contributed by atoms with E-state index in [0.717, 1.165) is 22.8 Å². The van der Waals surface area contributed by atoms with Gasteiger partial charge in [0, 0.05) is 12.7 Å². The van der Waals surface area contributed by atoms with E-state index in [2.05, 4.69) is 27.6 Å². The molecule has 0 radical (unpaired) electrons. The number of carbonyl (C=O) groups excluding carboxylic acids is 1. The Morgan fingerprint density at radius 3 is 2.60 bits per heavy atom. The van der Waals surface area contributed by atoms with Gasteiger partial charge in [-0.1, -0.05) is 60.3 Å². The van der Waals surface area contributed by atoms with Gasteiger partial charge in [-0.2, -0.15) is 0 Å². The molecule has 0 aliphatic carbocycles. The molecule has 5 nitrogen and oxygen atoms in total. The van der Waals surface area contributed by atoms with Gasteiger partial charge in [-0.05, 0) is 30.5 Å². The first-order chi connectivity index (χ1) is 12.1. The molecule has 25 heavy (non-hydrogen) atoms. The van der Waals surface area contributed by atoms with Crippen molar-refractivity contribution < 1.29 is 4.79 Å². The lowest BCUT2D eigenvalue weighted by molar-refractivity contribution is -0.115. The van der Waals surface area contributed by atoms with Gasteiger partial charge in [0.25, 0.3) is 0 Å². The Hall–Kier alpha value is -2.60. The topological polar surface area (TPSA) is 59.8 Å². The minimum atomic E-state index is -0.271. The third-order valence-corrected chi connectivity index (χ3v) is 4.98. The maximum absolute atomic E-state index is 12.6. The minimum Gasteiger partial charge on any atom is -0.325 e. The van der Waals surface area contributed by atoms with Crippen molar-refractivity contribution >= 4 is 23.4 Å². The number of carbonyl (C=O) groups is 1. The smallest absolute Gasteiger partial charge is 0.237 e. The molecule has 6 heteroatoms. The number of nitrogens with one attached hydrogen (secondary N) is 1. The molecule has 0 fully saturated rings. The monoisotopic (exact) mass is 352 g/mol. The molecule has 1 aromatic heterocycles. The SMILES string of the molecule is CC(Sc1nncn1C)C(=O)Nc1ccccc1Cc1ccccc1. The second kappa shape index (κ2) is 7.98. The van der Waals surface area contributed by atoms with E-state index in [-0.39, 0.29) is 11.2 Å². The molecule has 1 unspecified atom stereocenters. The third kappa shape index (κ3) is 4.48. The highest BCUT2D eigenvalue weighted by molar-refractivity contribution is 8.00. The standard InChI is InChI=1S/C19H20N4OS/c1-14(25-19-22-20-13-23(19)2)18(24)21-17-11-7-6-10-16(17)12-15-8-4-3-5-9-15/h3-11,13-14H,12H2,1-2H3,(H,21,24). The first kappa shape index (κ1) is 17.2. The highest BCUT2D eigenvalue weighted by Crippen LogP contribution is 2.23. The first-order valence-electron chi connectivity index (χ1n) is 8.07. The summed E-state index contributed by atoms with van der Waals surface area (Å²) in [5, 5.41) is 11.4. The zero-order valence-electron chi connectivity index (χ0n) is 14.2. The van der Waals surface area contributed by atoms with Crippen LogP contribution in [-0.4, -0.2) is 25.9 Å². The largest absolute Gasteiger partial charge is 0.325 e. The number of benzene rings is 2. The van der Waals surface area contributed by atoms with E-state index in [0.29, 0.717) is 0 Å². The first-order valence-corrected chi connectivity index (χ1v) is 8.95. The van der Waals surface area contributed by atoms with Gasteiger partial charge in [-0.3, -0.25) is 4.79 Å².